The van der Waals surface area contributed by atoms with Gasteiger partial charge in [-0.1, -0.05) is 18.2 Å². The molecule has 3 heterocycles. The minimum atomic E-state index is -0.273. The maximum atomic E-state index is 12.7. The fraction of sp³-hybridized carbons (Fsp3) is 0.389. The van der Waals surface area contributed by atoms with Crippen molar-refractivity contribution in [3.8, 4) is 0 Å². The van der Waals surface area contributed by atoms with Crippen LogP contribution in [0.25, 0.3) is 10.1 Å². The lowest BCUT2D eigenvalue weighted by molar-refractivity contribution is -0.162. The van der Waals surface area contributed by atoms with Crippen LogP contribution >= 0.6 is 11.3 Å². The average molecular weight is 358 g/mol. The van der Waals surface area contributed by atoms with Gasteiger partial charge in [0.25, 0.3) is 17.7 Å². The van der Waals surface area contributed by atoms with Crippen LogP contribution in [0, 0.1) is 0 Å². The smallest absolute Gasteiger partial charge is 0.263 e. The molecule has 0 radical (unpaired) electrons. The molecule has 2 aliphatic rings. The molecule has 3 amide bonds. The molecule has 7 heteroatoms. The normalized spacial score (nSPS) is 19.7. The molecule has 0 bridgehead atoms. The first-order chi connectivity index (χ1) is 12.1. The second kappa shape index (κ2) is 6.57. The van der Waals surface area contributed by atoms with Crippen LogP contribution < -0.4 is 0 Å². The van der Waals surface area contributed by atoms with Crippen LogP contribution in [0.5, 0.6) is 0 Å². The molecule has 2 aliphatic heterocycles. The van der Waals surface area contributed by atoms with Crippen molar-refractivity contribution in [2.45, 2.75) is 18.9 Å². The number of nitrogens with zero attached hydrogens (tertiary/aromatic N) is 2. The van der Waals surface area contributed by atoms with E-state index >= 15 is 0 Å². The average Bonchev–Trinajstić information content (AvgIpc) is 3.06. The molecule has 2 fully saturated rings. The fourth-order valence-corrected chi connectivity index (χ4v) is 4.51. The van der Waals surface area contributed by atoms with Crippen LogP contribution in [-0.4, -0.2) is 59.9 Å². The number of ether oxygens (including phenoxy) is 1. The van der Waals surface area contributed by atoms with E-state index in [1.807, 2.05) is 35.2 Å². The second-order valence-electron chi connectivity index (χ2n) is 6.32. The highest BCUT2D eigenvalue weighted by atomic mass is 32.1. The van der Waals surface area contributed by atoms with Gasteiger partial charge in [0.2, 0.25) is 0 Å². The van der Waals surface area contributed by atoms with Gasteiger partial charge in [-0.3, -0.25) is 19.3 Å². The molecule has 2 aromatic rings. The molecule has 1 aromatic carbocycles. The van der Waals surface area contributed by atoms with Crippen molar-refractivity contribution in [1.82, 2.24) is 9.80 Å². The number of likely N-dealkylation sites (tertiary alicyclic amines) is 1. The number of amides is 3. The first kappa shape index (κ1) is 16.2. The van der Waals surface area contributed by atoms with Crippen LogP contribution in [0.4, 0.5) is 0 Å². The lowest BCUT2D eigenvalue weighted by atomic mass is 10.0. The molecular weight excluding hydrogens is 340 g/mol. The lowest BCUT2D eigenvalue weighted by Gasteiger charge is -2.38. The number of benzene rings is 1. The number of carbonyl (C=O) groups is 3. The van der Waals surface area contributed by atoms with Gasteiger partial charge < -0.3 is 9.64 Å². The minimum absolute atomic E-state index is 0.0271. The van der Waals surface area contributed by atoms with Crippen molar-refractivity contribution < 1.29 is 19.1 Å². The van der Waals surface area contributed by atoms with Gasteiger partial charge in [-0.2, -0.15) is 0 Å². The minimum Gasteiger partial charge on any atom is -0.362 e. The Hall–Kier alpha value is -2.25. The van der Waals surface area contributed by atoms with Gasteiger partial charge in [0, 0.05) is 23.8 Å². The van der Waals surface area contributed by atoms with Gasteiger partial charge in [-0.05, 0) is 30.4 Å². The van der Waals surface area contributed by atoms with Crippen LogP contribution in [-0.2, 0) is 14.3 Å². The SMILES string of the molecule is O=C(c1cc2ccccc2s1)N1CCC(N2C(=O)COCC2=O)CC1. The Morgan fingerprint density at radius 1 is 1.08 bits per heavy atom. The van der Waals surface area contributed by atoms with E-state index in [1.165, 1.54) is 16.2 Å². The van der Waals surface area contributed by atoms with E-state index in [0.29, 0.717) is 25.9 Å². The molecule has 1 aromatic heterocycles. The third-order valence-electron chi connectivity index (χ3n) is 4.74. The van der Waals surface area contributed by atoms with Gasteiger partial charge in [0.15, 0.2) is 0 Å². The number of hydrogen-bond acceptors (Lipinski definition) is 5. The number of fused-ring (bicyclic) bond motifs is 1. The Balaban J connectivity index is 1.43. The molecule has 0 spiro atoms. The van der Waals surface area contributed by atoms with E-state index in [4.69, 9.17) is 4.74 Å². The number of hydrogen-bond donors (Lipinski definition) is 0. The molecule has 4 rings (SSSR count). The highest BCUT2D eigenvalue weighted by Crippen LogP contribution is 2.28. The van der Waals surface area contributed by atoms with Gasteiger partial charge in [-0.25, -0.2) is 0 Å². The van der Waals surface area contributed by atoms with Crippen LogP contribution in [0.1, 0.15) is 22.5 Å². The Morgan fingerprint density at radius 3 is 2.44 bits per heavy atom. The summed E-state index contributed by atoms with van der Waals surface area (Å²) in [4.78, 5) is 40.5. The predicted molar refractivity (Wildman–Crippen MR) is 93.4 cm³/mol. The van der Waals surface area contributed by atoms with Crippen molar-refractivity contribution in [2.24, 2.45) is 0 Å². The first-order valence-corrected chi connectivity index (χ1v) is 9.15. The van der Waals surface area contributed by atoms with Crippen molar-refractivity contribution in [3.05, 3.63) is 35.2 Å². The zero-order chi connectivity index (χ0) is 17.4. The fourth-order valence-electron chi connectivity index (χ4n) is 3.48. The Bertz CT molecular complexity index is 789. The summed E-state index contributed by atoms with van der Waals surface area (Å²) in [6.45, 7) is 1.03. The van der Waals surface area contributed by atoms with Gasteiger partial charge in [0.05, 0.1) is 4.88 Å². The summed E-state index contributed by atoms with van der Waals surface area (Å²) < 4.78 is 6.06. The van der Waals surface area contributed by atoms with Crippen molar-refractivity contribution in [2.75, 3.05) is 26.3 Å². The van der Waals surface area contributed by atoms with Crippen LogP contribution in [0.2, 0.25) is 0 Å². The monoisotopic (exact) mass is 358 g/mol. The highest BCUT2D eigenvalue weighted by Gasteiger charge is 2.36. The molecular formula is C18H18N2O4S. The Morgan fingerprint density at radius 2 is 1.76 bits per heavy atom. The number of morpholine rings is 1. The quantitative estimate of drug-likeness (QED) is 0.769. The molecule has 130 valence electrons. The summed E-state index contributed by atoms with van der Waals surface area (Å²) in [6, 6.07) is 9.75. The molecule has 0 saturated carbocycles. The molecule has 0 aliphatic carbocycles. The number of carbonyl (C=O) groups excluding carboxylic acids is 3. The number of imide groups is 1. The standard InChI is InChI=1S/C18H18N2O4S/c21-16-10-24-11-17(22)20(16)13-5-7-19(8-6-13)18(23)15-9-12-3-1-2-4-14(12)25-15/h1-4,9,13H,5-8,10-11H2. The Labute approximate surface area is 149 Å². The number of thiophene rings is 1. The summed E-state index contributed by atoms with van der Waals surface area (Å²) in [7, 11) is 0. The largest absolute Gasteiger partial charge is 0.362 e. The topological polar surface area (TPSA) is 66.9 Å². The molecule has 0 unspecified atom stereocenters. The Kier molecular flexibility index (Phi) is 4.27. The van der Waals surface area contributed by atoms with E-state index in [2.05, 4.69) is 0 Å². The van der Waals surface area contributed by atoms with Crippen molar-refractivity contribution >= 4 is 39.1 Å². The van der Waals surface area contributed by atoms with Gasteiger partial charge >= 0.3 is 0 Å². The van der Waals surface area contributed by atoms with E-state index in [-0.39, 0.29) is 37.0 Å². The predicted octanol–water partition coefficient (Wildman–Crippen LogP) is 1.89. The molecule has 2 saturated heterocycles. The van der Waals surface area contributed by atoms with Crippen LogP contribution in [0.3, 0.4) is 0 Å². The zero-order valence-electron chi connectivity index (χ0n) is 13.6. The maximum absolute atomic E-state index is 12.7. The number of piperidine rings is 1. The highest BCUT2D eigenvalue weighted by molar-refractivity contribution is 7.20. The first-order valence-electron chi connectivity index (χ1n) is 8.34. The summed E-state index contributed by atoms with van der Waals surface area (Å²) in [5.41, 5.74) is 0. The van der Waals surface area contributed by atoms with Crippen molar-refractivity contribution in [1.29, 1.82) is 0 Å². The third kappa shape index (κ3) is 3.05. The third-order valence-corrected chi connectivity index (χ3v) is 5.85. The van der Waals surface area contributed by atoms with Crippen LogP contribution in [0.15, 0.2) is 30.3 Å². The summed E-state index contributed by atoms with van der Waals surface area (Å²) in [5, 5.41) is 1.08. The number of rotatable bonds is 2. The lowest BCUT2D eigenvalue weighted by Crippen LogP contribution is -2.55. The molecule has 6 nitrogen and oxygen atoms in total. The summed E-state index contributed by atoms with van der Waals surface area (Å²) in [6.07, 6.45) is 1.24. The zero-order valence-corrected chi connectivity index (χ0v) is 14.5. The van der Waals surface area contributed by atoms with Gasteiger partial charge in [-0.15, -0.1) is 11.3 Å². The summed E-state index contributed by atoms with van der Waals surface area (Å²) >= 11 is 1.50. The second-order valence-corrected chi connectivity index (χ2v) is 7.41. The van der Waals surface area contributed by atoms with E-state index in [0.717, 1.165) is 15.0 Å². The summed E-state index contributed by atoms with van der Waals surface area (Å²) in [5.74, 6) is -0.518. The maximum Gasteiger partial charge on any atom is 0.263 e. The molecule has 25 heavy (non-hydrogen) atoms. The van der Waals surface area contributed by atoms with Gasteiger partial charge in [0.1, 0.15) is 13.2 Å². The van der Waals surface area contributed by atoms with E-state index < -0.39 is 0 Å². The van der Waals surface area contributed by atoms with Crippen molar-refractivity contribution in [3.63, 3.8) is 0 Å². The van der Waals surface area contributed by atoms with E-state index in [1.54, 1.807) is 0 Å². The van der Waals surface area contributed by atoms with E-state index in [9.17, 15) is 14.4 Å². The molecule has 0 atom stereocenters. The molecule has 0 N–H and O–H groups in total.